The summed E-state index contributed by atoms with van der Waals surface area (Å²) in [7, 11) is 0. The predicted molar refractivity (Wildman–Crippen MR) is 103 cm³/mol. The first-order chi connectivity index (χ1) is 12.7. The summed E-state index contributed by atoms with van der Waals surface area (Å²) in [5.41, 5.74) is 0.606. The summed E-state index contributed by atoms with van der Waals surface area (Å²) in [6.45, 7) is 4.52. The molecule has 1 aromatic heterocycles. The molecular formula is C20H28ClN3O2. The maximum Gasteiger partial charge on any atom is 0.255 e. The summed E-state index contributed by atoms with van der Waals surface area (Å²) >= 11 is 6.51. The first kappa shape index (κ1) is 18.1. The van der Waals surface area contributed by atoms with Crippen LogP contribution in [0.4, 0.5) is 5.82 Å². The normalized spacial score (nSPS) is 24.9. The Balaban J connectivity index is 1.39. The van der Waals surface area contributed by atoms with E-state index in [0.717, 1.165) is 64.3 Å². The molecule has 0 saturated carbocycles. The molecule has 1 aromatic rings. The highest BCUT2D eigenvalue weighted by molar-refractivity contribution is 6.33. The van der Waals surface area contributed by atoms with Crippen molar-refractivity contribution in [2.75, 3.05) is 37.7 Å². The van der Waals surface area contributed by atoms with E-state index in [4.69, 9.17) is 16.3 Å². The summed E-state index contributed by atoms with van der Waals surface area (Å²) in [6.07, 6.45) is 10.2. The van der Waals surface area contributed by atoms with E-state index in [9.17, 15) is 4.79 Å². The zero-order chi connectivity index (χ0) is 17.9. The number of piperidine rings is 2. The molecule has 1 unspecified atom stereocenters. The van der Waals surface area contributed by atoms with Gasteiger partial charge in [-0.05, 0) is 56.9 Å². The standard InChI is InChI=1S/C20H28ClN3O2/c21-17-13-16(20(25)24-8-2-1-3-9-24)14-22-19(17)23-10-6-15(7-11-23)18-5-4-12-26-18/h13-15,18H,1-12H2. The van der Waals surface area contributed by atoms with E-state index >= 15 is 0 Å². The molecule has 142 valence electrons. The number of likely N-dealkylation sites (tertiary alicyclic amines) is 1. The second kappa shape index (κ2) is 8.13. The van der Waals surface area contributed by atoms with Crippen LogP contribution < -0.4 is 4.90 Å². The Hall–Kier alpha value is -1.33. The monoisotopic (exact) mass is 377 g/mol. The Morgan fingerprint density at radius 2 is 1.85 bits per heavy atom. The molecule has 5 nitrogen and oxygen atoms in total. The highest BCUT2D eigenvalue weighted by atomic mass is 35.5. The molecule has 0 bridgehead atoms. The molecule has 3 aliphatic heterocycles. The van der Waals surface area contributed by atoms with Crippen LogP contribution in [0.25, 0.3) is 0 Å². The van der Waals surface area contributed by atoms with Crippen molar-refractivity contribution in [3.63, 3.8) is 0 Å². The minimum absolute atomic E-state index is 0.0581. The van der Waals surface area contributed by atoms with E-state index in [-0.39, 0.29) is 5.91 Å². The van der Waals surface area contributed by atoms with Crippen LogP contribution in [0.3, 0.4) is 0 Å². The first-order valence-electron chi connectivity index (χ1n) is 10.0. The minimum atomic E-state index is 0.0581. The number of halogens is 1. The second-order valence-corrected chi connectivity index (χ2v) is 8.17. The molecule has 0 spiro atoms. The van der Waals surface area contributed by atoms with Gasteiger partial charge in [0.25, 0.3) is 5.91 Å². The largest absolute Gasteiger partial charge is 0.378 e. The lowest BCUT2D eigenvalue weighted by Gasteiger charge is -2.35. The maximum absolute atomic E-state index is 12.6. The second-order valence-electron chi connectivity index (χ2n) is 7.76. The van der Waals surface area contributed by atoms with Gasteiger partial charge in [0, 0.05) is 39.0 Å². The smallest absolute Gasteiger partial charge is 0.255 e. The van der Waals surface area contributed by atoms with E-state index in [1.54, 1.807) is 12.3 Å². The number of carbonyl (C=O) groups is 1. The van der Waals surface area contributed by atoms with Gasteiger partial charge in [0.05, 0.1) is 16.7 Å². The Morgan fingerprint density at radius 1 is 1.08 bits per heavy atom. The van der Waals surface area contributed by atoms with Gasteiger partial charge in [-0.15, -0.1) is 0 Å². The van der Waals surface area contributed by atoms with Crippen LogP contribution in [0, 0.1) is 5.92 Å². The fourth-order valence-electron chi connectivity index (χ4n) is 4.52. The number of rotatable bonds is 3. The Labute approximate surface area is 160 Å². The van der Waals surface area contributed by atoms with Crippen molar-refractivity contribution in [1.29, 1.82) is 0 Å². The third-order valence-corrected chi connectivity index (χ3v) is 6.32. The number of hydrogen-bond donors (Lipinski definition) is 0. The van der Waals surface area contributed by atoms with Gasteiger partial charge >= 0.3 is 0 Å². The Bertz CT molecular complexity index is 634. The fourth-order valence-corrected chi connectivity index (χ4v) is 4.80. The van der Waals surface area contributed by atoms with Crippen molar-refractivity contribution >= 4 is 23.3 Å². The molecule has 4 heterocycles. The lowest BCUT2D eigenvalue weighted by Crippen LogP contribution is -2.38. The SMILES string of the molecule is O=C(c1cnc(N2CCC(C3CCCO3)CC2)c(Cl)c1)N1CCCCC1. The van der Waals surface area contributed by atoms with Crippen LogP contribution in [0.1, 0.15) is 55.3 Å². The van der Waals surface area contributed by atoms with Crippen LogP contribution in [-0.4, -0.2) is 54.7 Å². The van der Waals surface area contributed by atoms with Gasteiger partial charge in [-0.1, -0.05) is 11.6 Å². The number of anilines is 1. The quantitative estimate of drug-likeness (QED) is 0.804. The lowest BCUT2D eigenvalue weighted by atomic mass is 9.90. The van der Waals surface area contributed by atoms with Gasteiger partial charge < -0.3 is 14.5 Å². The zero-order valence-electron chi connectivity index (χ0n) is 15.3. The number of ether oxygens (including phenoxy) is 1. The van der Waals surface area contributed by atoms with E-state index in [0.29, 0.717) is 22.6 Å². The van der Waals surface area contributed by atoms with Crippen LogP contribution in [0.15, 0.2) is 12.3 Å². The zero-order valence-corrected chi connectivity index (χ0v) is 16.1. The van der Waals surface area contributed by atoms with Gasteiger partial charge in [0.1, 0.15) is 5.82 Å². The number of aromatic nitrogens is 1. The fraction of sp³-hybridized carbons (Fsp3) is 0.700. The summed E-state index contributed by atoms with van der Waals surface area (Å²) in [5.74, 6) is 1.53. The van der Waals surface area contributed by atoms with Crippen LogP contribution in [-0.2, 0) is 4.74 Å². The molecular weight excluding hydrogens is 350 g/mol. The van der Waals surface area contributed by atoms with E-state index < -0.39 is 0 Å². The molecule has 0 radical (unpaired) electrons. The van der Waals surface area contributed by atoms with Crippen LogP contribution in [0.5, 0.6) is 0 Å². The first-order valence-corrected chi connectivity index (χ1v) is 10.4. The third-order valence-electron chi connectivity index (χ3n) is 6.04. The van der Waals surface area contributed by atoms with Gasteiger partial charge in [-0.25, -0.2) is 4.98 Å². The van der Waals surface area contributed by atoms with Gasteiger partial charge in [0.15, 0.2) is 0 Å². The van der Waals surface area contributed by atoms with E-state index in [1.807, 2.05) is 4.90 Å². The summed E-state index contributed by atoms with van der Waals surface area (Å²) in [4.78, 5) is 21.4. The Morgan fingerprint density at radius 3 is 2.50 bits per heavy atom. The van der Waals surface area contributed by atoms with Gasteiger partial charge in [0.2, 0.25) is 0 Å². The van der Waals surface area contributed by atoms with Crippen molar-refractivity contribution in [1.82, 2.24) is 9.88 Å². The van der Waals surface area contributed by atoms with Crippen molar-refractivity contribution in [3.8, 4) is 0 Å². The molecule has 1 amide bonds. The third kappa shape index (κ3) is 3.84. The van der Waals surface area contributed by atoms with Crippen LogP contribution >= 0.6 is 11.6 Å². The number of hydrogen-bond acceptors (Lipinski definition) is 4. The highest BCUT2D eigenvalue weighted by Gasteiger charge is 2.30. The van der Waals surface area contributed by atoms with E-state index in [2.05, 4.69) is 9.88 Å². The van der Waals surface area contributed by atoms with Crippen molar-refractivity contribution in [2.45, 2.75) is 51.0 Å². The topological polar surface area (TPSA) is 45.7 Å². The molecule has 3 saturated heterocycles. The van der Waals surface area contributed by atoms with Crippen molar-refractivity contribution < 1.29 is 9.53 Å². The number of carbonyl (C=O) groups excluding carboxylic acids is 1. The van der Waals surface area contributed by atoms with Gasteiger partial charge in [-0.2, -0.15) is 0 Å². The predicted octanol–water partition coefficient (Wildman–Crippen LogP) is 3.76. The summed E-state index contributed by atoms with van der Waals surface area (Å²) in [6, 6.07) is 1.80. The lowest BCUT2D eigenvalue weighted by molar-refractivity contribution is 0.0531. The number of amides is 1. The summed E-state index contributed by atoms with van der Waals surface area (Å²) in [5, 5.41) is 0.587. The molecule has 0 aliphatic carbocycles. The average Bonchev–Trinajstić information content (AvgIpc) is 3.23. The Kier molecular flexibility index (Phi) is 5.65. The van der Waals surface area contributed by atoms with Crippen LogP contribution in [0.2, 0.25) is 5.02 Å². The van der Waals surface area contributed by atoms with Crippen molar-refractivity contribution in [2.24, 2.45) is 5.92 Å². The molecule has 4 rings (SSSR count). The maximum atomic E-state index is 12.6. The molecule has 3 aliphatic rings. The van der Waals surface area contributed by atoms with E-state index in [1.165, 1.54) is 19.3 Å². The minimum Gasteiger partial charge on any atom is -0.378 e. The number of pyridine rings is 1. The molecule has 1 atom stereocenters. The molecule has 0 N–H and O–H groups in total. The summed E-state index contributed by atoms with van der Waals surface area (Å²) < 4.78 is 5.85. The van der Waals surface area contributed by atoms with Gasteiger partial charge in [-0.3, -0.25) is 4.79 Å². The average molecular weight is 378 g/mol. The number of nitrogens with zero attached hydrogens (tertiary/aromatic N) is 3. The molecule has 26 heavy (non-hydrogen) atoms. The highest BCUT2D eigenvalue weighted by Crippen LogP contribution is 2.33. The molecule has 6 heteroatoms. The van der Waals surface area contributed by atoms with Crippen molar-refractivity contribution in [3.05, 3.63) is 22.8 Å². The molecule has 3 fully saturated rings. The molecule has 0 aromatic carbocycles.